The molecular formula is C11H15ClFN3O. The molecule has 0 spiro atoms. The molecule has 1 aromatic carbocycles. The molecule has 6 heteroatoms. The van der Waals surface area contributed by atoms with Crippen LogP contribution in [0.2, 0.25) is 5.02 Å². The third-order valence-electron chi connectivity index (χ3n) is 2.30. The van der Waals surface area contributed by atoms with E-state index in [0.717, 1.165) is 0 Å². The third-order valence-corrected chi connectivity index (χ3v) is 2.59. The SMILES string of the molecule is NCC[C@@H](N)C(=O)NCc1cccc(Cl)c1F. The Morgan fingerprint density at radius 3 is 2.88 bits per heavy atom. The van der Waals surface area contributed by atoms with Crippen LogP contribution in [-0.4, -0.2) is 18.5 Å². The molecular weight excluding hydrogens is 245 g/mol. The molecule has 0 aromatic heterocycles. The summed E-state index contributed by atoms with van der Waals surface area (Å²) in [7, 11) is 0. The van der Waals surface area contributed by atoms with Gasteiger partial charge in [-0.25, -0.2) is 4.39 Å². The normalized spacial score (nSPS) is 12.2. The molecule has 0 aliphatic carbocycles. The third kappa shape index (κ3) is 3.96. The van der Waals surface area contributed by atoms with Crippen molar-refractivity contribution in [2.24, 2.45) is 11.5 Å². The van der Waals surface area contributed by atoms with E-state index >= 15 is 0 Å². The van der Waals surface area contributed by atoms with Gasteiger partial charge in [0.25, 0.3) is 0 Å². The minimum absolute atomic E-state index is 0.0306. The monoisotopic (exact) mass is 259 g/mol. The number of nitrogens with one attached hydrogen (secondary N) is 1. The van der Waals surface area contributed by atoms with Crippen LogP contribution in [0.4, 0.5) is 4.39 Å². The second kappa shape index (κ2) is 6.54. The van der Waals surface area contributed by atoms with Crippen LogP contribution in [0.3, 0.4) is 0 Å². The second-order valence-electron chi connectivity index (χ2n) is 3.61. The van der Waals surface area contributed by atoms with Crippen LogP contribution >= 0.6 is 11.6 Å². The number of carbonyl (C=O) groups is 1. The van der Waals surface area contributed by atoms with Gasteiger partial charge in [-0.3, -0.25) is 4.79 Å². The van der Waals surface area contributed by atoms with Crippen molar-refractivity contribution in [1.29, 1.82) is 0 Å². The molecule has 0 unspecified atom stereocenters. The van der Waals surface area contributed by atoms with E-state index in [-0.39, 0.29) is 17.5 Å². The lowest BCUT2D eigenvalue weighted by Crippen LogP contribution is -2.41. The summed E-state index contributed by atoms with van der Waals surface area (Å²) >= 11 is 5.61. The van der Waals surface area contributed by atoms with Crippen molar-refractivity contribution < 1.29 is 9.18 Å². The Morgan fingerprint density at radius 1 is 1.53 bits per heavy atom. The van der Waals surface area contributed by atoms with Gasteiger partial charge in [0.1, 0.15) is 5.82 Å². The average Bonchev–Trinajstić information content (AvgIpc) is 2.31. The number of halogens is 2. The van der Waals surface area contributed by atoms with Gasteiger partial charge in [0.05, 0.1) is 11.1 Å². The van der Waals surface area contributed by atoms with Gasteiger partial charge >= 0.3 is 0 Å². The van der Waals surface area contributed by atoms with Gasteiger partial charge < -0.3 is 16.8 Å². The second-order valence-corrected chi connectivity index (χ2v) is 4.02. The Labute approximate surface area is 104 Å². The van der Waals surface area contributed by atoms with E-state index in [1.165, 1.54) is 6.07 Å². The summed E-state index contributed by atoms with van der Waals surface area (Å²) < 4.78 is 13.5. The van der Waals surface area contributed by atoms with Gasteiger partial charge in [-0.05, 0) is 19.0 Å². The predicted octanol–water partition coefficient (Wildman–Crippen LogP) is 0.771. The van der Waals surface area contributed by atoms with Gasteiger partial charge in [0.15, 0.2) is 0 Å². The zero-order chi connectivity index (χ0) is 12.8. The van der Waals surface area contributed by atoms with Crippen LogP contribution in [0.5, 0.6) is 0 Å². The molecule has 1 atom stereocenters. The molecule has 0 fully saturated rings. The van der Waals surface area contributed by atoms with Gasteiger partial charge in [0, 0.05) is 12.1 Å². The standard InChI is InChI=1S/C11H15ClFN3O/c12-8-3-1-2-7(10(8)13)6-16-11(17)9(15)4-5-14/h1-3,9H,4-6,14-15H2,(H,16,17)/t9-/m1/s1. The Balaban J connectivity index is 2.56. The van der Waals surface area contributed by atoms with Crippen LogP contribution in [0, 0.1) is 5.82 Å². The number of carbonyl (C=O) groups excluding carboxylic acids is 1. The first-order valence-corrected chi connectivity index (χ1v) is 5.60. The van der Waals surface area contributed by atoms with Crippen LogP contribution in [0.25, 0.3) is 0 Å². The molecule has 1 amide bonds. The van der Waals surface area contributed by atoms with E-state index in [1.54, 1.807) is 12.1 Å². The largest absolute Gasteiger partial charge is 0.351 e. The summed E-state index contributed by atoms with van der Waals surface area (Å²) in [6, 6.07) is 3.95. The Bertz CT molecular complexity index is 400. The molecule has 0 bridgehead atoms. The van der Waals surface area contributed by atoms with Crippen molar-refractivity contribution in [3.8, 4) is 0 Å². The highest BCUT2D eigenvalue weighted by molar-refractivity contribution is 6.30. The molecule has 0 aliphatic heterocycles. The summed E-state index contributed by atoms with van der Waals surface area (Å²) in [5, 5.41) is 2.56. The minimum Gasteiger partial charge on any atom is -0.351 e. The number of rotatable bonds is 5. The first kappa shape index (κ1) is 13.9. The van der Waals surface area contributed by atoms with E-state index < -0.39 is 11.9 Å². The van der Waals surface area contributed by atoms with Gasteiger partial charge in [-0.1, -0.05) is 23.7 Å². The van der Waals surface area contributed by atoms with Crippen molar-refractivity contribution in [2.75, 3.05) is 6.54 Å². The Hall–Kier alpha value is -1.17. The summed E-state index contributed by atoms with van der Waals surface area (Å²) in [6.07, 6.45) is 0.393. The molecule has 0 radical (unpaired) electrons. The highest BCUT2D eigenvalue weighted by atomic mass is 35.5. The molecule has 0 heterocycles. The van der Waals surface area contributed by atoms with Gasteiger partial charge in [-0.15, -0.1) is 0 Å². The highest BCUT2D eigenvalue weighted by Gasteiger charge is 2.13. The summed E-state index contributed by atoms with van der Waals surface area (Å²) in [6.45, 7) is 0.392. The zero-order valence-electron chi connectivity index (χ0n) is 9.25. The average molecular weight is 260 g/mol. The molecule has 94 valence electrons. The molecule has 4 nitrogen and oxygen atoms in total. The first-order chi connectivity index (χ1) is 8.06. The van der Waals surface area contributed by atoms with Gasteiger partial charge in [-0.2, -0.15) is 0 Å². The number of benzene rings is 1. The van der Waals surface area contributed by atoms with Crippen LogP contribution < -0.4 is 16.8 Å². The van der Waals surface area contributed by atoms with Crippen molar-refractivity contribution in [3.63, 3.8) is 0 Å². The van der Waals surface area contributed by atoms with E-state index in [2.05, 4.69) is 5.32 Å². The quantitative estimate of drug-likeness (QED) is 0.731. The smallest absolute Gasteiger partial charge is 0.237 e. The number of nitrogens with two attached hydrogens (primary N) is 2. The lowest BCUT2D eigenvalue weighted by molar-refractivity contribution is -0.122. The van der Waals surface area contributed by atoms with E-state index in [1.807, 2.05) is 0 Å². The van der Waals surface area contributed by atoms with Crippen LogP contribution in [0.1, 0.15) is 12.0 Å². The van der Waals surface area contributed by atoms with Gasteiger partial charge in [0.2, 0.25) is 5.91 Å². The molecule has 1 aromatic rings. The summed E-state index contributed by atoms with van der Waals surface area (Å²) in [4.78, 5) is 11.5. The number of hydrogen-bond acceptors (Lipinski definition) is 3. The maximum atomic E-state index is 13.5. The fourth-order valence-corrected chi connectivity index (χ4v) is 1.50. The molecule has 0 saturated heterocycles. The topological polar surface area (TPSA) is 81.1 Å². The Kier molecular flexibility index (Phi) is 5.34. The van der Waals surface area contributed by atoms with Crippen LogP contribution in [-0.2, 0) is 11.3 Å². The molecule has 0 saturated carbocycles. The maximum Gasteiger partial charge on any atom is 0.237 e. The fraction of sp³-hybridized carbons (Fsp3) is 0.364. The zero-order valence-corrected chi connectivity index (χ0v) is 10.0. The lowest BCUT2D eigenvalue weighted by atomic mass is 10.2. The number of hydrogen-bond donors (Lipinski definition) is 3. The fourth-order valence-electron chi connectivity index (χ4n) is 1.31. The van der Waals surface area contributed by atoms with Crippen molar-refractivity contribution in [2.45, 2.75) is 19.0 Å². The Morgan fingerprint density at radius 2 is 2.24 bits per heavy atom. The van der Waals surface area contributed by atoms with Crippen LogP contribution in [0.15, 0.2) is 18.2 Å². The summed E-state index contributed by atoms with van der Waals surface area (Å²) in [5.41, 5.74) is 11.2. The maximum absolute atomic E-state index is 13.5. The summed E-state index contributed by atoms with van der Waals surface area (Å²) in [5.74, 6) is -0.878. The number of amides is 1. The van der Waals surface area contributed by atoms with Crippen molar-refractivity contribution in [3.05, 3.63) is 34.6 Å². The molecule has 17 heavy (non-hydrogen) atoms. The molecule has 1 rings (SSSR count). The van der Waals surface area contributed by atoms with E-state index in [9.17, 15) is 9.18 Å². The minimum atomic E-state index is -0.665. The highest BCUT2D eigenvalue weighted by Crippen LogP contribution is 2.17. The molecule has 5 N–H and O–H groups in total. The van der Waals surface area contributed by atoms with Crippen molar-refractivity contribution >= 4 is 17.5 Å². The lowest BCUT2D eigenvalue weighted by Gasteiger charge is -2.11. The van der Waals surface area contributed by atoms with E-state index in [4.69, 9.17) is 23.1 Å². The van der Waals surface area contributed by atoms with Crippen molar-refractivity contribution in [1.82, 2.24) is 5.32 Å². The first-order valence-electron chi connectivity index (χ1n) is 5.22. The predicted molar refractivity (Wildman–Crippen MR) is 64.9 cm³/mol. The van der Waals surface area contributed by atoms with E-state index in [0.29, 0.717) is 18.5 Å². The molecule has 0 aliphatic rings.